The topological polar surface area (TPSA) is 54.7 Å². The van der Waals surface area contributed by atoms with E-state index in [-0.39, 0.29) is 0 Å². The SMILES string of the molecule is NCc1nc2[c]cccc2[nH]1. The third-order valence-corrected chi connectivity index (χ3v) is 1.55. The maximum absolute atomic E-state index is 5.41. The molecule has 0 amide bonds. The van der Waals surface area contributed by atoms with Gasteiger partial charge in [-0.05, 0) is 6.07 Å². The van der Waals surface area contributed by atoms with Gasteiger partial charge in [0, 0.05) is 6.07 Å². The largest absolute Gasteiger partial charge is 0.341 e. The zero-order chi connectivity index (χ0) is 7.68. The summed E-state index contributed by atoms with van der Waals surface area (Å²) in [5.41, 5.74) is 7.25. The van der Waals surface area contributed by atoms with Crippen molar-refractivity contribution in [3.8, 4) is 0 Å². The number of para-hydroxylation sites is 1. The van der Waals surface area contributed by atoms with Gasteiger partial charge >= 0.3 is 0 Å². The molecule has 1 aromatic heterocycles. The van der Waals surface area contributed by atoms with Crippen molar-refractivity contribution in [3.63, 3.8) is 0 Å². The van der Waals surface area contributed by atoms with Gasteiger partial charge in [0.2, 0.25) is 0 Å². The number of hydrogen-bond acceptors (Lipinski definition) is 2. The molecule has 1 radical (unpaired) electrons. The number of rotatable bonds is 1. The predicted octanol–water partition coefficient (Wildman–Crippen LogP) is 0.822. The number of nitrogens with one attached hydrogen (secondary N) is 1. The zero-order valence-electron chi connectivity index (χ0n) is 5.96. The highest BCUT2D eigenvalue weighted by atomic mass is 14.9. The van der Waals surface area contributed by atoms with Crippen molar-refractivity contribution in [1.82, 2.24) is 9.97 Å². The number of nitrogens with zero attached hydrogens (tertiary/aromatic N) is 1. The smallest absolute Gasteiger partial charge is 0.121 e. The number of benzene rings is 1. The van der Waals surface area contributed by atoms with Crippen LogP contribution in [0.15, 0.2) is 18.2 Å². The minimum atomic E-state index is 0.447. The maximum atomic E-state index is 5.41. The third kappa shape index (κ3) is 0.991. The van der Waals surface area contributed by atoms with Crippen molar-refractivity contribution in [1.29, 1.82) is 0 Å². The summed E-state index contributed by atoms with van der Waals surface area (Å²) in [5, 5.41) is 0. The highest BCUT2D eigenvalue weighted by molar-refractivity contribution is 5.73. The molecule has 1 aromatic carbocycles. The summed E-state index contributed by atoms with van der Waals surface area (Å²) in [6, 6.07) is 8.72. The van der Waals surface area contributed by atoms with Crippen LogP contribution in [0.25, 0.3) is 11.0 Å². The van der Waals surface area contributed by atoms with Crippen molar-refractivity contribution in [2.45, 2.75) is 6.54 Å². The van der Waals surface area contributed by atoms with Gasteiger partial charge < -0.3 is 10.7 Å². The molecule has 2 rings (SSSR count). The summed E-state index contributed by atoms with van der Waals surface area (Å²) >= 11 is 0. The van der Waals surface area contributed by atoms with Gasteiger partial charge in [-0.3, -0.25) is 0 Å². The van der Waals surface area contributed by atoms with Gasteiger partial charge in [-0.15, -0.1) is 0 Å². The standard InChI is InChI=1S/C8H8N3/c9-5-8-10-6-3-1-2-4-7(6)11-8/h1-3H,5,9H2,(H,10,11). The number of hydrogen-bond donors (Lipinski definition) is 2. The van der Waals surface area contributed by atoms with Crippen LogP contribution < -0.4 is 5.73 Å². The van der Waals surface area contributed by atoms with E-state index in [4.69, 9.17) is 5.73 Å². The lowest BCUT2D eigenvalue weighted by atomic mass is 10.3. The van der Waals surface area contributed by atoms with Crippen LogP contribution >= 0.6 is 0 Å². The second kappa shape index (κ2) is 2.36. The quantitative estimate of drug-likeness (QED) is 0.625. The average molecular weight is 146 g/mol. The summed E-state index contributed by atoms with van der Waals surface area (Å²) in [5.74, 6) is 0.808. The molecule has 3 N–H and O–H groups in total. The van der Waals surface area contributed by atoms with Crippen LogP contribution in [0.4, 0.5) is 0 Å². The van der Waals surface area contributed by atoms with E-state index < -0.39 is 0 Å². The van der Waals surface area contributed by atoms with E-state index in [1.807, 2.05) is 18.2 Å². The fourth-order valence-corrected chi connectivity index (χ4v) is 1.04. The summed E-state index contributed by atoms with van der Waals surface area (Å²) < 4.78 is 0. The molecule has 11 heavy (non-hydrogen) atoms. The van der Waals surface area contributed by atoms with Gasteiger partial charge in [0.15, 0.2) is 0 Å². The van der Waals surface area contributed by atoms with Gasteiger partial charge in [-0.2, -0.15) is 0 Å². The molecule has 0 saturated heterocycles. The van der Waals surface area contributed by atoms with E-state index >= 15 is 0 Å². The van der Waals surface area contributed by atoms with Crippen molar-refractivity contribution >= 4 is 11.0 Å². The zero-order valence-corrected chi connectivity index (χ0v) is 5.96. The Labute approximate surface area is 64.2 Å². The molecule has 2 aromatic rings. The molecule has 0 atom stereocenters. The van der Waals surface area contributed by atoms with Gasteiger partial charge in [-0.25, -0.2) is 4.98 Å². The Bertz CT molecular complexity index is 331. The minimum absolute atomic E-state index is 0.447. The highest BCUT2D eigenvalue weighted by Gasteiger charge is 1.97. The Morgan fingerprint density at radius 3 is 3.27 bits per heavy atom. The molecular formula is C8H8N3. The van der Waals surface area contributed by atoms with Crippen molar-refractivity contribution in [2.75, 3.05) is 0 Å². The van der Waals surface area contributed by atoms with Gasteiger partial charge in [0.1, 0.15) is 5.82 Å². The molecule has 55 valence electrons. The second-order valence-corrected chi connectivity index (χ2v) is 2.32. The lowest BCUT2D eigenvalue weighted by Crippen LogP contribution is -1.97. The Morgan fingerprint density at radius 2 is 2.55 bits per heavy atom. The number of fused-ring (bicyclic) bond motifs is 1. The van der Waals surface area contributed by atoms with Gasteiger partial charge in [-0.1, -0.05) is 12.1 Å². The van der Waals surface area contributed by atoms with E-state index in [9.17, 15) is 0 Å². The van der Waals surface area contributed by atoms with Crippen LogP contribution in [-0.4, -0.2) is 9.97 Å². The Morgan fingerprint density at radius 1 is 1.64 bits per heavy atom. The first-order valence-electron chi connectivity index (χ1n) is 3.45. The molecule has 0 fully saturated rings. The first-order chi connectivity index (χ1) is 5.40. The lowest BCUT2D eigenvalue weighted by molar-refractivity contribution is 0.958. The number of aromatic nitrogens is 2. The summed E-state index contributed by atoms with van der Waals surface area (Å²) in [4.78, 5) is 7.27. The second-order valence-electron chi connectivity index (χ2n) is 2.32. The molecule has 0 aliphatic rings. The Hall–Kier alpha value is -1.35. The van der Waals surface area contributed by atoms with Crippen LogP contribution in [0.3, 0.4) is 0 Å². The first kappa shape index (κ1) is 6.37. The van der Waals surface area contributed by atoms with Crippen LogP contribution in [-0.2, 0) is 6.54 Å². The number of nitrogens with two attached hydrogens (primary N) is 1. The summed E-state index contributed by atoms with van der Waals surface area (Å²) in [6.07, 6.45) is 0. The van der Waals surface area contributed by atoms with Crippen LogP contribution in [0.2, 0.25) is 0 Å². The fourth-order valence-electron chi connectivity index (χ4n) is 1.04. The molecule has 0 spiro atoms. The molecule has 0 saturated carbocycles. The van der Waals surface area contributed by atoms with Crippen molar-refractivity contribution in [2.24, 2.45) is 5.73 Å². The minimum Gasteiger partial charge on any atom is -0.341 e. The van der Waals surface area contributed by atoms with Gasteiger partial charge in [0.05, 0.1) is 17.6 Å². The Kier molecular flexibility index (Phi) is 1.36. The summed E-state index contributed by atoms with van der Waals surface area (Å²) in [7, 11) is 0. The number of aromatic amines is 1. The van der Waals surface area contributed by atoms with Crippen molar-refractivity contribution < 1.29 is 0 Å². The first-order valence-corrected chi connectivity index (χ1v) is 3.45. The lowest BCUT2D eigenvalue weighted by Gasteiger charge is -1.82. The molecule has 0 unspecified atom stereocenters. The molecule has 0 aliphatic heterocycles. The molecule has 0 aliphatic carbocycles. The van der Waals surface area contributed by atoms with E-state index in [1.165, 1.54) is 0 Å². The monoisotopic (exact) mass is 146 g/mol. The third-order valence-electron chi connectivity index (χ3n) is 1.55. The maximum Gasteiger partial charge on any atom is 0.121 e. The average Bonchev–Trinajstić information content (AvgIpc) is 2.46. The number of H-pyrrole nitrogens is 1. The molecule has 3 nitrogen and oxygen atoms in total. The summed E-state index contributed by atoms with van der Waals surface area (Å²) in [6.45, 7) is 0.447. The van der Waals surface area contributed by atoms with E-state index in [0.29, 0.717) is 6.54 Å². The fraction of sp³-hybridized carbons (Fsp3) is 0.125. The van der Waals surface area contributed by atoms with Gasteiger partial charge in [0.25, 0.3) is 0 Å². The Balaban J connectivity index is 2.69. The molecule has 1 heterocycles. The molecule has 0 bridgehead atoms. The van der Waals surface area contributed by atoms with Crippen LogP contribution in [0.5, 0.6) is 0 Å². The normalized spacial score (nSPS) is 10.6. The highest BCUT2D eigenvalue weighted by Crippen LogP contribution is 2.08. The number of imidazole rings is 1. The predicted molar refractivity (Wildman–Crippen MR) is 42.8 cm³/mol. The van der Waals surface area contributed by atoms with Crippen molar-refractivity contribution in [3.05, 3.63) is 30.1 Å². The van der Waals surface area contributed by atoms with E-state index in [0.717, 1.165) is 16.9 Å². The van der Waals surface area contributed by atoms with E-state index in [2.05, 4.69) is 16.0 Å². The van der Waals surface area contributed by atoms with Crippen LogP contribution in [0.1, 0.15) is 5.82 Å². The van der Waals surface area contributed by atoms with E-state index in [1.54, 1.807) is 0 Å². The molecule has 3 heteroatoms. The van der Waals surface area contributed by atoms with Crippen LogP contribution in [0, 0.1) is 6.07 Å². The molecular weight excluding hydrogens is 138 g/mol.